The monoisotopic (exact) mass is 392 g/mol. The Morgan fingerprint density at radius 2 is 0.963 bits per heavy atom. The van der Waals surface area contributed by atoms with E-state index in [4.69, 9.17) is 0 Å². The average molecular weight is 393 g/mol. The summed E-state index contributed by atoms with van der Waals surface area (Å²) in [6.45, 7) is 2.27. The highest BCUT2D eigenvalue weighted by Gasteiger charge is 2.19. The lowest BCUT2D eigenvalue weighted by Gasteiger charge is -2.10. The van der Waals surface area contributed by atoms with Gasteiger partial charge in [-0.2, -0.15) is 0 Å². The molecule has 0 heterocycles. The number of carbonyl (C=O) groups excluding carboxylic acids is 2. The molecular weight excluding hydrogens is 352 g/mol. The van der Waals surface area contributed by atoms with Crippen LogP contribution in [0.2, 0.25) is 0 Å². The molecule has 27 heavy (non-hydrogen) atoms. The van der Waals surface area contributed by atoms with Crippen LogP contribution < -0.4 is 0 Å². The minimum Gasteiger partial charge on any atom is -0.290 e. The van der Waals surface area contributed by atoms with Crippen molar-refractivity contribution < 1.29 is 9.59 Å². The Bertz CT molecular complexity index is 491. The normalized spacial score (nSPS) is 14.4. The number of hydrogen-bond donors (Lipinski definition) is 1. The van der Waals surface area contributed by atoms with E-state index in [9.17, 15) is 9.59 Å². The Balaban J connectivity index is 1.85. The molecule has 0 spiro atoms. The maximum atomic E-state index is 11.8. The highest BCUT2D eigenvalue weighted by atomic mass is 32.1. The van der Waals surface area contributed by atoms with E-state index in [0.717, 1.165) is 12.8 Å². The molecule has 0 bridgehead atoms. The predicted molar refractivity (Wildman–Crippen MR) is 119 cm³/mol. The Labute approximate surface area is 172 Å². The fraction of sp³-hybridized carbons (Fsp3) is 0.750. The first-order valence-corrected chi connectivity index (χ1v) is 11.8. The van der Waals surface area contributed by atoms with Gasteiger partial charge < -0.3 is 0 Å². The van der Waals surface area contributed by atoms with Gasteiger partial charge in [0.2, 0.25) is 0 Å². The molecule has 0 atom stereocenters. The quantitative estimate of drug-likeness (QED) is 0.158. The topological polar surface area (TPSA) is 34.1 Å². The van der Waals surface area contributed by atoms with Crippen LogP contribution >= 0.6 is 12.6 Å². The van der Waals surface area contributed by atoms with Gasteiger partial charge in [0.25, 0.3) is 0 Å². The molecular formula is C24H40O2S. The molecule has 0 aromatic heterocycles. The van der Waals surface area contributed by atoms with Gasteiger partial charge in [0.1, 0.15) is 0 Å². The average Bonchev–Trinajstić information content (AvgIpc) is 2.67. The summed E-state index contributed by atoms with van der Waals surface area (Å²) < 4.78 is 0. The Hall–Kier alpha value is -0.830. The number of rotatable bonds is 17. The molecule has 0 aliphatic heterocycles. The SMILES string of the molecule is CCCCCCCCCCCCCCCCCCC1=C(S)C(=O)C=CC1=O. The molecule has 0 aromatic rings. The minimum atomic E-state index is -0.135. The summed E-state index contributed by atoms with van der Waals surface area (Å²) >= 11 is 4.20. The van der Waals surface area contributed by atoms with E-state index < -0.39 is 0 Å². The van der Waals surface area contributed by atoms with Crippen molar-refractivity contribution in [3.8, 4) is 0 Å². The molecule has 3 heteroatoms. The maximum absolute atomic E-state index is 11.8. The van der Waals surface area contributed by atoms with Crippen LogP contribution in [0, 0.1) is 0 Å². The summed E-state index contributed by atoms with van der Waals surface area (Å²) in [5, 5.41) is 0. The Morgan fingerprint density at radius 3 is 1.41 bits per heavy atom. The summed E-state index contributed by atoms with van der Waals surface area (Å²) in [6, 6.07) is 0. The van der Waals surface area contributed by atoms with Gasteiger partial charge in [0.15, 0.2) is 11.6 Å². The molecule has 0 N–H and O–H groups in total. The van der Waals surface area contributed by atoms with Crippen LogP contribution in [0.5, 0.6) is 0 Å². The van der Waals surface area contributed by atoms with Crippen molar-refractivity contribution in [3.05, 3.63) is 22.6 Å². The lowest BCUT2D eigenvalue weighted by molar-refractivity contribution is -0.114. The van der Waals surface area contributed by atoms with Crippen LogP contribution in [0.15, 0.2) is 22.6 Å². The molecule has 1 aliphatic rings. The number of allylic oxidation sites excluding steroid dienone is 4. The van der Waals surface area contributed by atoms with Gasteiger partial charge in [0.05, 0.1) is 4.91 Å². The summed E-state index contributed by atoms with van der Waals surface area (Å²) in [7, 11) is 0. The number of thiol groups is 1. The molecule has 2 nitrogen and oxygen atoms in total. The van der Waals surface area contributed by atoms with E-state index in [1.807, 2.05) is 0 Å². The molecule has 0 unspecified atom stereocenters. The van der Waals surface area contributed by atoms with Crippen LogP contribution in [0.3, 0.4) is 0 Å². The molecule has 0 amide bonds. The van der Waals surface area contributed by atoms with Gasteiger partial charge in [-0.3, -0.25) is 9.59 Å². The number of carbonyl (C=O) groups is 2. The number of ketones is 2. The first kappa shape index (κ1) is 24.2. The molecule has 1 aliphatic carbocycles. The summed E-state index contributed by atoms with van der Waals surface area (Å²) in [5.41, 5.74) is 0.608. The molecule has 0 aromatic carbocycles. The minimum absolute atomic E-state index is 0.0411. The fourth-order valence-corrected chi connectivity index (χ4v) is 3.98. The van der Waals surface area contributed by atoms with Crippen LogP contribution in [0.4, 0.5) is 0 Å². The fourth-order valence-electron chi connectivity index (χ4n) is 3.69. The van der Waals surface area contributed by atoms with Crippen molar-refractivity contribution in [2.75, 3.05) is 0 Å². The van der Waals surface area contributed by atoms with Crippen LogP contribution in [-0.2, 0) is 9.59 Å². The molecule has 0 radical (unpaired) electrons. The Kier molecular flexibility index (Phi) is 14.5. The highest BCUT2D eigenvalue weighted by Crippen LogP contribution is 2.23. The predicted octanol–water partition coefficient (Wildman–Crippen LogP) is 7.53. The third kappa shape index (κ3) is 11.6. The molecule has 0 saturated heterocycles. The summed E-state index contributed by atoms with van der Waals surface area (Å²) in [5.74, 6) is -0.176. The molecule has 154 valence electrons. The molecule has 1 rings (SSSR count). The van der Waals surface area contributed by atoms with Crippen molar-refractivity contribution in [3.63, 3.8) is 0 Å². The third-order valence-electron chi connectivity index (χ3n) is 5.48. The van der Waals surface area contributed by atoms with Crippen LogP contribution in [-0.4, -0.2) is 11.6 Å². The third-order valence-corrected chi connectivity index (χ3v) is 5.97. The highest BCUT2D eigenvalue weighted by molar-refractivity contribution is 7.85. The second-order valence-electron chi connectivity index (χ2n) is 7.94. The second kappa shape index (κ2) is 16.2. The zero-order valence-electron chi connectivity index (χ0n) is 17.4. The van der Waals surface area contributed by atoms with E-state index >= 15 is 0 Å². The summed E-state index contributed by atoms with van der Waals surface area (Å²) in [4.78, 5) is 23.7. The lowest BCUT2D eigenvalue weighted by Crippen LogP contribution is -2.11. The standard InChI is InChI=1S/C24H40O2S/c1-2-3-4-5-6-7-8-9-10-11-12-13-14-15-16-17-18-21-22(25)19-20-23(26)24(21)27/h19-20,27H,2-18H2,1H3. The smallest absolute Gasteiger partial charge is 0.192 e. The Morgan fingerprint density at radius 1 is 0.593 bits per heavy atom. The van der Waals surface area contributed by atoms with E-state index in [0.29, 0.717) is 16.9 Å². The van der Waals surface area contributed by atoms with Gasteiger partial charge in [-0.25, -0.2) is 0 Å². The van der Waals surface area contributed by atoms with Gasteiger partial charge in [-0.15, -0.1) is 12.6 Å². The van der Waals surface area contributed by atoms with Crippen LogP contribution in [0.1, 0.15) is 116 Å². The first-order chi connectivity index (χ1) is 13.2. The zero-order valence-corrected chi connectivity index (χ0v) is 18.3. The molecule has 0 fully saturated rings. The summed E-state index contributed by atoms with van der Waals surface area (Å²) in [6.07, 6.45) is 24.8. The van der Waals surface area contributed by atoms with Crippen LogP contribution in [0.25, 0.3) is 0 Å². The second-order valence-corrected chi connectivity index (χ2v) is 8.39. The number of unbranched alkanes of at least 4 members (excludes halogenated alkanes) is 15. The van der Waals surface area contributed by atoms with Crippen molar-refractivity contribution in [2.45, 2.75) is 116 Å². The van der Waals surface area contributed by atoms with Crippen molar-refractivity contribution in [1.82, 2.24) is 0 Å². The van der Waals surface area contributed by atoms with E-state index in [-0.39, 0.29) is 11.6 Å². The van der Waals surface area contributed by atoms with Gasteiger partial charge >= 0.3 is 0 Å². The van der Waals surface area contributed by atoms with Gasteiger partial charge in [-0.1, -0.05) is 103 Å². The van der Waals surface area contributed by atoms with Crippen molar-refractivity contribution in [2.24, 2.45) is 0 Å². The van der Waals surface area contributed by atoms with Gasteiger partial charge in [0, 0.05) is 5.57 Å². The van der Waals surface area contributed by atoms with Crippen molar-refractivity contribution >= 4 is 24.2 Å². The number of hydrogen-bond acceptors (Lipinski definition) is 3. The zero-order chi connectivity index (χ0) is 19.7. The largest absolute Gasteiger partial charge is 0.290 e. The van der Waals surface area contributed by atoms with E-state index in [1.165, 1.54) is 102 Å². The van der Waals surface area contributed by atoms with Crippen molar-refractivity contribution in [1.29, 1.82) is 0 Å². The first-order valence-electron chi connectivity index (χ1n) is 11.4. The maximum Gasteiger partial charge on any atom is 0.192 e. The molecule has 0 saturated carbocycles. The van der Waals surface area contributed by atoms with Gasteiger partial charge in [-0.05, 0) is 25.0 Å². The lowest BCUT2D eigenvalue weighted by atomic mass is 9.97. The van der Waals surface area contributed by atoms with E-state index in [2.05, 4.69) is 19.6 Å². The van der Waals surface area contributed by atoms with E-state index in [1.54, 1.807) is 0 Å².